The first kappa shape index (κ1) is 61.5. The van der Waals surface area contributed by atoms with Crippen LogP contribution in [0.5, 0.6) is 0 Å². The van der Waals surface area contributed by atoms with Crippen molar-refractivity contribution in [3.05, 3.63) is 85.1 Å². The van der Waals surface area contributed by atoms with Gasteiger partial charge in [-0.05, 0) is 32.1 Å². The predicted molar refractivity (Wildman–Crippen MR) is 275 cm³/mol. The summed E-state index contributed by atoms with van der Waals surface area (Å²) in [5, 5.41) is 9.66. The Labute approximate surface area is 399 Å². The number of hydrogen-bond acceptors (Lipinski definition) is 6. The van der Waals surface area contributed by atoms with E-state index in [4.69, 9.17) is 14.2 Å². The van der Waals surface area contributed by atoms with Gasteiger partial charge in [-0.15, -0.1) is 0 Å². The Morgan fingerprint density at radius 2 is 0.862 bits per heavy atom. The largest absolute Gasteiger partial charge is 0.477 e. The Kier molecular flexibility index (Phi) is 44.5. The van der Waals surface area contributed by atoms with Gasteiger partial charge in [0.25, 0.3) is 0 Å². The van der Waals surface area contributed by atoms with Crippen LogP contribution in [-0.2, 0) is 28.6 Å². The number of aliphatic carboxylic acids is 1. The number of hydrogen-bond donors (Lipinski definition) is 1. The highest BCUT2D eigenvalue weighted by molar-refractivity contribution is 5.72. The molecule has 0 aliphatic carbocycles. The summed E-state index contributed by atoms with van der Waals surface area (Å²) in [4.78, 5) is 37.2. The third-order valence-corrected chi connectivity index (χ3v) is 11.5. The molecule has 0 aromatic heterocycles. The number of likely N-dealkylation sites (N-methyl/N-ethyl adjacent to an activating group) is 1. The van der Waals surface area contributed by atoms with Crippen molar-refractivity contribution >= 4 is 17.9 Å². The number of nitrogens with zero attached hydrogens (tertiary/aromatic N) is 1. The number of carboxylic acids is 1. The molecule has 0 fully saturated rings. The Bertz CT molecular complexity index is 1330. The molecule has 0 rings (SSSR count). The van der Waals surface area contributed by atoms with Gasteiger partial charge in [-0.2, -0.15) is 0 Å². The van der Waals surface area contributed by atoms with Gasteiger partial charge in [0.1, 0.15) is 6.61 Å². The third kappa shape index (κ3) is 45.5. The van der Waals surface area contributed by atoms with Crippen LogP contribution < -0.4 is 0 Å². The molecule has 8 nitrogen and oxygen atoms in total. The summed E-state index contributed by atoms with van der Waals surface area (Å²) in [5.41, 5.74) is 0. The molecule has 2 atom stereocenters. The van der Waals surface area contributed by atoms with Crippen LogP contribution in [-0.4, -0.2) is 80.6 Å². The Balaban J connectivity index is 4.30. The number of ether oxygens (including phenoxy) is 3. The van der Waals surface area contributed by atoms with Crippen molar-refractivity contribution in [1.82, 2.24) is 0 Å². The second kappa shape index (κ2) is 47.0. The summed E-state index contributed by atoms with van der Waals surface area (Å²) in [6, 6.07) is -0.628. The minimum Gasteiger partial charge on any atom is -0.477 e. The van der Waals surface area contributed by atoms with Crippen LogP contribution in [0.4, 0.5) is 0 Å². The second-order valence-electron chi connectivity index (χ2n) is 18.6. The van der Waals surface area contributed by atoms with Crippen LogP contribution in [0.15, 0.2) is 85.1 Å². The van der Waals surface area contributed by atoms with Crippen molar-refractivity contribution in [1.29, 1.82) is 0 Å². The van der Waals surface area contributed by atoms with Crippen LogP contribution in [0.1, 0.15) is 206 Å². The summed E-state index contributed by atoms with van der Waals surface area (Å²) < 4.78 is 17.3. The number of unbranched alkanes of at least 4 members (excludes halogenated alkanes) is 24. The first-order valence-electron chi connectivity index (χ1n) is 26.2. The minimum absolute atomic E-state index is 0.0392. The van der Waals surface area contributed by atoms with Crippen LogP contribution in [0, 0.1) is 0 Å². The highest BCUT2D eigenvalue weighted by atomic mass is 16.6. The van der Waals surface area contributed by atoms with E-state index in [0.717, 1.165) is 44.9 Å². The van der Waals surface area contributed by atoms with Crippen LogP contribution in [0.2, 0.25) is 0 Å². The molecule has 372 valence electrons. The molecule has 0 aromatic carbocycles. The van der Waals surface area contributed by atoms with Crippen molar-refractivity contribution < 1.29 is 38.2 Å². The number of rotatable bonds is 46. The zero-order chi connectivity index (χ0) is 47.7. The van der Waals surface area contributed by atoms with E-state index in [1.54, 1.807) is 0 Å². The molecule has 0 amide bonds. The quantitative estimate of drug-likeness (QED) is 0.0281. The van der Waals surface area contributed by atoms with E-state index in [9.17, 15) is 19.5 Å². The number of allylic oxidation sites excluding steroid dienone is 14. The molecule has 0 spiro atoms. The fourth-order valence-electron chi connectivity index (χ4n) is 7.49. The molecule has 0 saturated heterocycles. The number of carboxylic acid groups (broad SMARTS) is 1. The summed E-state index contributed by atoms with van der Waals surface area (Å²) in [7, 11) is 5.51. The zero-order valence-electron chi connectivity index (χ0n) is 42.4. The monoisotopic (exact) mass is 909 g/mol. The van der Waals surface area contributed by atoms with E-state index < -0.39 is 18.1 Å². The molecule has 8 heteroatoms. The molecule has 0 heterocycles. The van der Waals surface area contributed by atoms with Gasteiger partial charge in [0.05, 0.1) is 34.4 Å². The van der Waals surface area contributed by atoms with E-state index in [1.165, 1.54) is 122 Å². The maximum Gasteiger partial charge on any atom is 0.362 e. The van der Waals surface area contributed by atoms with Crippen LogP contribution in [0.3, 0.4) is 0 Å². The molecular weight excluding hydrogens is 811 g/mol. The highest BCUT2D eigenvalue weighted by Crippen LogP contribution is 2.16. The first-order chi connectivity index (χ1) is 31.6. The fraction of sp³-hybridized carbons (Fsp3) is 0.702. The van der Waals surface area contributed by atoms with Gasteiger partial charge < -0.3 is 23.8 Å². The molecule has 0 aromatic rings. The molecule has 1 N–H and O–H groups in total. The second-order valence-corrected chi connectivity index (χ2v) is 18.6. The van der Waals surface area contributed by atoms with Gasteiger partial charge >= 0.3 is 17.9 Å². The molecular formula is C57H98NO7+. The molecule has 65 heavy (non-hydrogen) atoms. The first-order valence-corrected chi connectivity index (χ1v) is 26.2. The molecule has 0 saturated carbocycles. The zero-order valence-corrected chi connectivity index (χ0v) is 42.4. The summed E-state index contributed by atoms with van der Waals surface area (Å²) in [6.07, 6.45) is 62.1. The van der Waals surface area contributed by atoms with Crippen LogP contribution in [0.25, 0.3) is 0 Å². The number of carbonyl (C=O) groups is 3. The van der Waals surface area contributed by atoms with Gasteiger partial charge in [0.15, 0.2) is 12.1 Å². The lowest BCUT2D eigenvalue weighted by molar-refractivity contribution is -0.887. The molecule has 0 radical (unpaired) electrons. The van der Waals surface area contributed by atoms with Crippen molar-refractivity contribution in [2.24, 2.45) is 0 Å². The van der Waals surface area contributed by atoms with Crippen molar-refractivity contribution in [2.45, 2.75) is 219 Å². The van der Waals surface area contributed by atoms with Crippen molar-refractivity contribution in [3.63, 3.8) is 0 Å². The van der Waals surface area contributed by atoms with Gasteiger partial charge in [0, 0.05) is 19.3 Å². The smallest absolute Gasteiger partial charge is 0.362 e. The maximum atomic E-state index is 12.8. The number of quaternary nitrogens is 1. The number of carbonyl (C=O) groups excluding carboxylic acids is 2. The van der Waals surface area contributed by atoms with E-state index in [0.29, 0.717) is 19.3 Å². The third-order valence-electron chi connectivity index (χ3n) is 11.5. The molecule has 2 unspecified atom stereocenters. The van der Waals surface area contributed by atoms with Crippen molar-refractivity contribution in [3.8, 4) is 0 Å². The standard InChI is InChI=1S/C57H97NO7/c1-6-8-10-12-14-16-18-20-22-24-26-27-28-30-31-33-35-37-39-41-43-45-47-55(59)64-52-53(51-63-50-49-54(57(61)62)58(3,4)5)65-56(60)48-46-44-42-40-38-36-34-32-29-25-23-21-19-17-15-13-11-9-7-2/h9,11,13,15,17,19,21,23,25,29,32,34,36,38,53-54H,6-8,10,12,14,16,18,20,22,24,26-28,30-31,33,35,37,39-52H2,1-5H3/p+1/b11-9+,15-13+,19-17+,23-21+,29-25+,34-32+,38-36+. The molecule has 0 bridgehead atoms. The van der Waals surface area contributed by atoms with Crippen molar-refractivity contribution in [2.75, 3.05) is 41.0 Å². The van der Waals surface area contributed by atoms with E-state index in [2.05, 4.69) is 26.0 Å². The normalized spacial score (nSPS) is 13.6. The van der Waals surface area contributed by atoms with Gasteiger partial charge in [-0.1, -0.05) is 240 Å². The Hall–Kier alpha value is -3.49. The van der Waals surface area contributed by atoms with E-state index in [1.807, 2.05) is 94.1 Å². The Morgan fingerprint density at radius 3 is 1.28 bits per heavy atom. The van der Waals surface area contributed by atoms with Gasteiger partial charge in [-0.25, -0.2) is 4.79 Å². The highest BCUT2D eigenvalue weighted by Gasteiger charge is 2.31. The van der Waals surface area contributed by atoms with Gasteiger partial charge in [-0.3, -0.25) is 9.59 Å². The lowest BCUT2D eigenvalue weighted by atomic mass is 10.0. The van der Waals surface area contributed by atoms with Crippen LogP contribution >= 0.6 is 0 Å². The summed E-state index contributed by atoms with van der Waals surface area (Å²) in [5.74, 6) is -1.53. The average Bonchev–Trinajstić information content (AvgIpc) is 3.27. The van der Waals surface area contributed by atoms with E-state index in [-0.39, 0.29) is 42.7 Å². The Morgan fingerprint density at radius 1 is 0.477 bits per heavy atom. The minimum atomic E-state index is -0.885. The van der Waals surface area contributed by atoms with Gasteiger partial charge in [0.2, 0.25) is 0 Å². The number of esters is 2. The van der Waals surface area contributed by atoms with E-state index >= 15 is 0 Å². The SMILES string of the molecule is CC/C=C/C=C/C=C/C=C/C=C/C=C/C=C/CCCCCC(=O)OC(COCCC(C(=O)O)[N+](C)(C)C)COC(=O)CCCCCCCCCCCCCCCCCCCCCCCC. The summed E-state index contributed by atoms with van der Waals surface area (Å²) >= 11 is 0. The average molecular weight is 909 g/mol. The molecule has 0 aliphatic rings. The fourth-order valence-corrected chi connectivity index (χ4v) is 7.49. The lowest BCUT2D eigenvalue weighted by Gasteiger charge is -2.31. The topological polar surface area (TPSA) is 99.1 Å². The molecule has 0 aliphatic heterocycles. The maximum absolute atomic E-state index is 12.8. The lowest BCUT2D eigenvalue weighted by Crippen LogP contribution is -2.50. The summed E-state index contributed by atoms with van der Waals surface area (Å²) in [6.45, 7) is 4.56. The predicted octanol–water partition coefficient (Wildman–Crippen LogP) is 15.3.